The third-order valence-electron chi connectivity index (χ3n) is 2.59. The first-order chi connectivity index (χ1) is 8.47. The summed E-state index contributed by atoms with van der Waals surface area (Å²) >= 11 is 10.6. The van der Waals surface area contributed by atoms with E-state index < -0.39 is 0 Å². The van der Waals surface area contributed by atoms with Gasteiger partial charge in [-0.25, -0.2) is 4.39 Å². The molecule has 0 fully saturated rings. The zero-order chi connectivity index (χ0) is 13.3. The lowest BCUT2D eigenvalue weighted by Crippen LogP contribution is -1.96. The zero-order valence-corrected chi connectivity index (χ0v) is 14.3. The third-order valence-corrected chi connectivity index (χ3v) is 4.83. The van der Waals surface area contributed by atoms with E-state index in [9.17, 15) is 4.39 Å². The molecule has 0 aliphatic carbocycles. The minimum atomic E-state index is -0.208. The van der Waals surface area contributed by atoms with E-state index in [-0.39, 0.29) is 10.6 Å². The quantitative estimate of drug-likeness (QED) is 0.496. The molecule has 0 bridgehead atoms. The molecule has 2 aromatic carbocycles. The second-order valence-corrected chi connectivity index (χ2v) is 6.78. The van der Waals surface area contributed by atoms with Gasteiger partial charge >= 0.3 is 0 Å². The van der Waals surface area contributed by atoms with Crippen molar-refractivity contribution >= 4 is 47.8 Å². The van der Waals surface area contributed by atoms with Crippen LogP contribution < -0.4 is 0 Å². The smallest absolute Gasteiger partial charge is 0.123 e. The van der Waals surface area contributed by atoms with Gasteiger partial charge < -0.3 is 0 Å². The first-order valence-electron chi connectivity index (χ1n) is 5.33. The van der Waals surface area contributed by atoms with Crippen LogP contribution in [0.5, 0.6) is 0 Å². The van der Waals surface area contributed by atoms with Crippen molar-refractivity contribution in [2.24, 2.45) is 0 Å². The molecule has 0 aliphatic heterocycles. The van der Waals surface area contributed by atoms with Crippen LogP contribution in [0.1, 0.15) is 21.5 Å². The molecule has 4 heteroatoms. The standard InChI is InChI=1S/C14H10Br3F/c1-8-4-9(6-11(18)5-8)14(17)12-7-10(15)2-3-13(12)16/h2-7,14H,1H3. The summed E-state index contributed by atoms with van der Waals surface area (Å²) in [6, 6.07) is 11.0. The van der Waals surface area contributed by atoms with Gasteiger partial charge in [0.15, 0.2) is 0 Å². The first kappa shape index (κ1) is 14.2. The van der Waals surface area contributed by atoms with Crippen LogP contribution in [0.25, 0.3) is 0 Å². The van der Waals surface area contributed by atoms with Crippen molar-refractivity contribution in [2.75, 3.05) is 0 Å². The predicted molar refractivity (Wildman–Crippen MR) is 83.7 cm³/mol. The van der Waals surface area contributed by atoms with Crippen molar-refractivity contribution in [1.82, 2.24) is 0 Å². The molecular weight excluding hydrogens is 427 g/mol. The Morgan fingerprint density at radius 3 is 2.44 bits per heavy atom. The van der Waals surface area contributed by atoms with Gasteiger partial charge in [-0.1, -0.05) is 53.9 Å². The van der Waals surface area contributed by atoms with Gasteiger partial charge in [0.05, 0.1) is 4.83 Å². The van der Waals surface area contributed by atoms with Crippen LogP contribution in [0.3, 0.4) is 0 Å². The molecule has 0 aromatic heterocycles. The highest BCUT2D eigenvalue weighted by molar-refractivity contribution is 9.11. The SMILES string of the molecule is Cc1cc(F)cc(C(Br)c2cc(Br)ccc2Br)c1. The van der Waals surface area contributed by atoms with E-state index in [2.05, 4.69) is 47.8 Å². The number of halogens is 4. The number of rotatable bonds is 2. The van der Waals surface area contributed by atoms with Gasteiger partial charge in [-0.05, 0) is 53.9 Å². The summed E-state index contributed by atoms with van der Waals surface area (Å²) in [7, 11) is 0. The summed E-state index contributed by atoms with van der Waals surface area (Å²) in [4.78, 5) is -0.0428. The maximum absolute atomic E-state index is 13.4. The minimum absolute atomic E-state index is 0.0428. The molecule has 2 rings (SSSR count). The highest BCUT2D eigenvalue weighted by Crippen LogP contribution is 2.37. The molecule has 0 nitrogen and oxygen atoms in total. The molecule has 0 aliphatic rings. The van der Waals surface area contributed by atoms with E-state index in [0.717, 1.165) is 25.6 Å². The first-order valence-corrected chi connectivity index (χ1v) is 7.83. The topological polar surface area (TPSA) is 0 Å². The van der Waals surface area contributed by atoms with Crippen molar-refractivity contribution < 1.29 is 4.39 Å². The molecule has 0 saturated carbocycles. The van der Waals surface area contributed by atoms with Crippen LogP contribution in [0.15, 0.2) is 45.3 Å². The molecule has 0 amide bonds. The van der Waals surface area contributed by atoms with E-state index in [0.29, 0.717) is 0 Å². The molecule has 1 unspecified atom stereocenters. The average molecular weight is 437 g/mol. The molecule has 18 heavy (non-hydrogen) atoms. The summed E-state index contributed by atoms with van der Waals surface area (Å²) in [5.74, 6) is -0.208. The minimum Gasteiger partial charge on any atom is -0.207 e. The number of hydrogen-bond acceptors (Lipinski definition) is 0. The zero-order valence-electron chi connectivity index (χ0n) is 9.55. The number of hydrogen-bond donors (Lipinski definition) is 0. The monoisotopic (exact) mass is 434 g/mol. The van der Waals surface area contributed by atoms with Crippen LogP contribution >= 0.6 is 47.8 Å². The Morgan fingerprint density at radius 2 is 1.78 bits per heavy atom. The van der Waals surface area contributed by atoms with Crippen molar-refractivity contribution in [3.8, 4) is 0 Å². The fraction of sp³-hybridized carbons (Fsp3) is 0.143. The second-order valence-electron chi connectivity index (χ2n) is 4.09. The van der Waals surface area contributed by atoms with Crippen LogP contribution in [0.4, 0.5) is 4.39 Å². The van der Waals surface area contributed by atoms with Crippen LogP contribution in [-0.4, -0.2) is 0 Å². The lowest BCUT2D eigenvalue weighted by atomic mass is 10.0. The Kier molecular flexibility index (Phi) is 4.62. The van der Waals surface area contributed by atoms with Gasteiger partial charge in [0.2, 0.25) is 0 Å². The third kappa shape index (κ3) is 3.22. The molecule has 0 radical (unpaired) electrons. The van der Waals surface area contributed by atoms with Crippen molar-refractivity contribution in [1.29, 1.82) is 0 Å². The van der Waals surface area contributed by atoms with Crippen molar-refractivity contribution in [3.63, 3.8) is 0 Å². The fourth-order valence-electron chi connectivity index (χ4n) is 1.80. The molecular formula is C14H10Br3F. The molecule has 2 aromatic rings. The maximum atomic E-state index is 13.4. The molecule has 94 valence electrons. The van der Waals surface area contributed by atoms with E-state index >= 15 is 0 Å². The number of alkyl halides is 1. The van der Waals surface area contributed by atoms with E-state index in [1.54, 1.807) is 6.07 Å². The highest BCUT2D eigenvalue weighted by atomic mass is 79.9. The molecule has 0 N–H and O–H groups in total. The average Bonchev–Trinajstić information content (AvgIpc) is 2.30. The highest BCUT2D eigenvalue weighted by Gasteiger charge is 2.15. The van der Waals surface area contributed by atoms with E-state index in [1.807, 2.05) is 31.2 Å². The summed E-state index contributed by atoms with van der Waals surface area (Å²) < 4.78 is 15.4. The molecule has 0 heterocycles. The second kappa shape index (κ2) is 5.85. The van der Waals surface area contributed by atoms with Crippen LogP contribution in [0, 0.1) is 12.7 Å². The summed E-state index contributed by atoms with van der Waals surface area (Å²) in [6.07, 6.45) is 0. The Labute approximate surface area is 131 Å². The maximum Gasteiger partial charge on any atom is 0.123 e. The van der Waals surface area contributed by atoms with Gasteiger partial charge in [0, 0.05) is 8.95 Å². The Hall–Kier alpha value is -0.190. The van der Waals surface area contributed by atoms with E-state index in [4.69, 9.17) is 0 Å². The Bertz CT molecular complexity index is 561. The molecule has 1 atom stereocenters. The number of benzene rings is 2. The van der Waals surface area contributed by atoms with Gasteiger partial charge in [0.1, 0.15) is 5.82 Å². The van der Waals surface area contributed by atoms with Gasteiger partial charge in [-0.15, -0.1) is 0 Å². The Balaban J connectivity index is 2.47. The summed E-state index contributed by atoms with van der Waals surface area (Å²) in [6.45, 7) is 1.89. The summed E-state index contributed by atoms with van der Waals surface area (Å²) in [5, 5.41) is 0. The lowest BCUT2D eigenvalue weighted by Gasteiger charge is -2.14. The van der Waals surface area contributed by atoms with Crippen LogP contribution in [-0.2, 0) is 0 Å². The van der Waals surface area contributed by atoms with Crippen molar-refractivity contribution in [3.05, 3.63) is 67.9 Å². The largest absolute Gasteiger partial charge is 0.207 e. The van der Waals surface area contributed by atoms with Gasteiger partial charge in [0.25, 0.3) is 0 Å². The fourth-order valence-corrected chi connectivity index (χ4v) is 3.60. The number of aryl methyl sites for hydroxylation is 1. The van der Waals surface area contributed by atoms with E-state index in [1.165, 1.54) is 6.07 Å². The van der Waals surface area contributed by atoms with Crippen molar-refractivity contribution in [2.45, 2.75) is 11.8 Å². The summed E-state index contributed by atoms with van der Waals surface area (Å²) in [5.41, 5.74) is 2.89. The predicted octanol–water partition coefficient (Wildman–Crippen LogP) is 6.14. The molecule has 0 saturated heterocycles. The van der Waals surface area contributed by atoms with Gasteiger partial charge in [-0.3, -0.25) is 0 Å². The molecule has 0 spiro atoms. The Morgan fingerprint density at radius 1 is 1.06 bits per heavy atom. The van der Waals surface area contributed by atoms with Gasteiger partial charge in [-0.2, -0.15) is 0 Å². The van der Waals surface area contributed by atoms with Crippen LogP contribution in [0.2, 0.25) is 0 Å². The lowest BCUT2D eigenvalue weighted by molar-refractivity contribution is 0.624. The normalized spacial score (nSPS) is 12.5.